The third-order valence-electron chi connectivity index (χ3n) is 5.58. The predicted octanol–water partition coefficient (Wildman–Crippen LogP) is 5.19. The van der Waals surface area contributed by atoms with Crippen LogP contribution in [0.4, 0.5) is 4.39 Å². The Kier molecular flexibility index (Phi) is 8.79. The minimum absolute atomic E-state index is 0.129. The number of benzene rings is 2. The van der Waals surface area contributed by atoms with Gasteiger partial charge in [-0.05, 0) is 49.1 Å². The summed E-state index contributed by atoms with van der Waals surface area (Å²) in [4.78, 5) is 27.5. The first-order chi connectivity index (χ1) is 14.9. The highest BCUT2D eigenvalue weighted by atomic mass is 35.5. The summed E-state index contributed by atoms with van der Waals surface area (Å²) < 4.78 is 13.3. The second kappa shape index (κ2) is 11.5. The minimum atomic E-state index is -0.612. The van der Waals surface area contributed by atoms with Crippen molar-refractivity contribution >= 4 is 35.2 Å². The molecule has 1 unspecified atom stereocenters. The van der Waals surface area contributed by atoms with Crippen molar-refractivity contribution in [1.29, 1.82) is 0 Å². The van der Waals surface area contributed by atoms with Crippen LogP contribution in [0, 0.1) is 5.82 Å². The number of thioether (sulfide) groups is 1. The lowest BCUT2D eigenvalue weighted by Gasteiger charge is -2.29. The molecule has 2 aromatic carbocycles. The predicted molar refractivity (Wildman–Crippen MR) is 124 cm³/mol. The molecule has 0 heterocycles. The van der Waals surface area contributed by atoms with Crippen LogP contribution in [0.2, 0.25) is 5.02 Å². The number of hydrogen-bond donors (Lipinski definition) is 1. The molecule has 1 aliphatic carbocycles. The Hall–Kier alpha value is -2.05. The molecular weight excluding hydrogens is 435 g/mol. The summed E-state index contributed by atoms with van der Waals surface area (Å²) in [6.45, 7) is 2.01. The molecule has 3 rings (SSSR count). The van der Waals surface area contributed by atoms with Gasteiger partial charge in [0.2, 0.25) is 11.8 Å². The molecule has 1 aliphatic rings. The van der Waals surface area contributed by atoms with Crippen LogP contribution in [0.3, 0.4) is 0 Å². The lowest BCUT2D eigenvalue weighted by Crippen LogP contribution is -2.50. The van der Waals surface area contributed by atoms with E-state index in [-0.39, 0.29) is 36.0 Å². The fourth-order valence-electron chi connectivity index (χ4n) is 3.71. The summed E-state index contributed by atoms with van der Waals surface area (Å²) in [5.74, 6) is 0.240. The maximum atomic E-state index is 13.3. The highest BCUT2D eigenvalue weighted by molar-refractivity contribution is 7.99. The molecule has 1 atom stereocenters. The molecule has 4 nitrogen and oxygen atoms in total. The van der Waals surface area contributed by atoms with Crippen LogP contribution in [0.1, 0.15) is 43.7 Å². The van der Waals surface area contributed by atoms with E-state index in [4.69, 9.17) is 11.6 Å². The first kappa shape index (κ1) is 23.6. The third kappa shape index (κ3) is 6.97. The summed E-state index contributed by atoms with van der Waals surface area (Å²) in [5.41, 5.74) is 1.76. The normalized spacial score (nSPS) is 14.9. The molecule has 0 radical (unpaired) electrons. The van der Waals surface area contributed by atoms with E-state index in [1.165, 1.54) is 23.9 Å². The summed E-state index contributed by atoms with van der Waals surface area (Å²) in [5, 5.41) is 3.76. The van der Waals surface area contributed by atoms with Crippen LogP contribution in [0.15, 0.2) is 48.5 Å². The molecule has 7 heteroatoms. The molecular formula is C24H28ClFN2O2S. The van der Waals surface area contributed by atoms with E-state index in [0.717, 1.165) is 36.8 Å². The van der Waals surface area contributed by atoms with E-state index in [0.29, 0.717) is 10.8 Å². The van der Waals surface area contributed by atoms with E-state index in [1.807, 2.05) is 24.3 Å². The van der Waals surface area contributed by atoms with Gasteiger partial charge in [0.25, 0.3) is 0 Å². The van der Waals surface area contributed by atoms with E-state index in [2.05, 4.69) is 5.32 Å². The average molecular weight is 463 g/mol. The van der Waals surface area contributed by atoms with Gasteiger partial charge in [-0.2, -0.15) is 0 Å². The maximum absolute atomic E-state index is 13.3. The molecule has 0 bridgehead atoms. The molecule has 1 saturated carbocycles. The minimum Gasteiger partial charge on any atom is -0.352 e. The topological polar surface area (TPSA) is 49.4 Å². The highest BCUT2D eigenvalue weighted by Crippen LogP contribution is 2.22. The van der Waals surface area contributed by atoms with E-state index in [1.54, 1.807) is 24.0 Å². The van der Waals surface area contributed by atoms with Crippen molar-refractivity contribution in [2.75, 3.05) is 5.75 Å². The lowest BCUT2D eigenvalue weighted by atomic mass is 10.1. The van der Waals surface area contributed by atoms with Gasteiger partial charge in [0, 0.05) is 23.4 Å². The number of carbonyl (C=O) groups is 2. The van der Waals surface area contributed by atoms with E-state index >= 15 is 0 Å². The molecule has 0 aliphatic heterocycles. The van der Waals surface area contributed by atoms with Gasteiger partial charge in [0.05, 0.1) is 5.75 Å². The first-order valence-electron chi connectivity index (χ1n) is 10.6. The Morgan fingerprint density at radius 1 is 1.16 bits per heavy atom. The van der Waals surface area contributed by atoms with Gasteiger partial charge in [-0.1, -0.05) is 54.8 Å². The first-order valence-corrected chi connectivity index (χ1v) is 12.1. The van der Waals surface area contributed by atoms with Gasteiger partial charge in [-0.15, -0.1) is 11.8 Å². The summed E-state index contributed by atoms with van der Waals surface area (Å²) in [7, 11) is 0. The van der Waals surface area contributed by atoms with Gasteiger partial charge in [0.15, 0.2) is 0 Å². The van der Waals surface area contributed by atoms with Crippen molar-refractivity contribution in [3.8, 4) is 0 Å². The monoisotopic (exact) mass is 462 g/mol. The van der Waals surface area contributed by atoms with Crippen LogP contribution in [-0.2, 0) is 21.9 Å². The SMILES string of the molecule is CC(C(=O)NC1CCCC1)N(Cc1ccc(F)cc1)C(=O)CSCc1ccccc1Cl. The molecule has 0 aromatic heterocycles. The average Bonchev–Trinajstić information content (AvgIpc) is 3.27. The molecule has 166 valence electrons. The highest BCUT2D eigenvalue weighted by Gasteiger charge is 2.28. The molecule has 1 fully saturated rings. The van der Waals surface area contributed by atoms with Crippen molar-refractivity contribution in [3.63, 3.8) is 0 Å². The number of nitrogens with one attached hydrogen (secondary N) is 1. The fraction of sp³-hybridized carbons (Fsp3) is 0.417. The van der Waals surface area contributed by atoms with Gasteiger partial charge in [-0.3, -0.25) is 9.59 Å². The Morgan fingerprint density at radius 3 is 2.52 bits per heavy atom. The Bertz CT molecular complexity index is 887. The Balaban J connectivity index is 1.65. The van der Waals surface area contributed by atoms with Crippen molar-refractivity contribution in [3.05, 3.63) is 70.5 Å². The standard InChI is InChI=1S/C24H28ClFN2O2S/c1-17(24(30)27-21-7-3-4-8-21)28(14-18-10-12-20(26)13-11-18)23(29)16-31-15-19-6-2-5-9-22(19)25/h2,5-6,9-13,17,21H,3-4,7-8,14-16H2,1H3,(H,27,30). The van der Waals surface area contributed by atoms with Crippen molar-refractivity contribution in [1.82, 2.24) is 10.2 Å². The van der Waals surface area contributed by atoms with Crippen molar-refractivity contribution in [2.24, 2.45) is 0 Å². The number of amides is 2. The number of rotatable bonds is 9. The zero-order valence-electron chi connectivity index (χ0n) is 17.7. The van der Waals surface area contributed by atoms with E-state index < -0.39 is 6.04 Å². The third-order valence-corrected chi connectivity index (χ3v) is 6.91. The molecule has 2 aromatic rings. The zero-order chi connectivity index (χ0) is 22.2. The smallest absolute Gasteiger partial charge is 0.242 e. The van der Waals surface area contributed by atoms with Gasteiger partial charge in [0.1, 0.15) is 11.9 Å². The van der Waals surface area contributed by atoms with Gasteiger partial charge >= 0.3 is 0 Å². The van der Waals surface area contributed by atoms with Crippen LogP contribution < -0.4 is 5.32 Å². The number of halogens is 2. The lowest BCUT2D eigenvalue weighted by molar-refractivity contribution is -0.138. The molecule has 0 saturated heterocycles. The quantitative estimate of drug-likeness (QED) is 0.558. The molecule has 1 N–H and O–H groups in total. The maximum Gasteiger partial charge on any atom is 0.242 e. The molecule has 2 amide bonds. The fourth-order valence-corrected chi connectivity index (χ4v) is 4.90. The van der Waals surface area contributed by atoms with Crippen LogP contribution in [-0.4, -0.2) is 34.6 Å². The van der Waals surface area contributed by atoms with Crippen molar-refractivity contribution < 1.29 is 14.0 Å². The van der Waals surface area contributed by atoms with E-state index in [9.17, 15) is 14.0 Å². The summed E-state index contributed by atoms with van der Waals surface area (Å²) >= 11 is 7.67. The van der Waals surface area contributed by atoms with Crippen LogP contribution in [0.5, 0.6) is 0 Å². The Morgan fingerprint density at radius 2 is 1.84 bits per heavy atom. The van der Waals surface area contributed by atoms with Gasteiger partial charge in [-0.25, -0.2) is 4.39 Å². The van der Waals surface area contributed by atoms with Crippen LogP contribution in [0.25, 0.3) is 0 Å². The zero-order valence-corrected chi connectivity index (χ0v) is 19.2. The summed E-state index contributed by atoms with van der Waals surface area (Å²) in [6, 6.07) is 13.2. The number of carbonyl (C=O) groups excluding carboxylic acids is 2. The second-order valence-electron chi connectivity index (χ2n) is 7.90. The number of hydrogen-bond acceptors (Lipinski definition) is 3. The van der Waals surface area contributed by atoms with Crippen LogP contribution >= 0.6 is 23.4 Å². The Labute approximate surface area is 192 Å². The van der Waals surface area contributed by atoms with Gasteiger partial charge < -0.3 is 10.2 Å². The largest absolute Gasteiger partial charge is 0.352 e. The molecule has 0 spiro atoms. The number of nitrogens with zero attached hydrogens (tertiary/aromatic N) is 1. The second-order valence-corrected chi connectivity index (χ2v) is 9.29. The molecule has 31 heavy (non-hydrogen) atoms. The summed E-state index contributed by atoms with van der Waals surface area (Å²) in [6.07, 6.45) is 4.21. The van der Waals surface area contributed by atoms with Crippen molar-refractivity contribution in [2.45, 2.75) is 57.0 Å².